The molecule has 0 saturated heterocycles. The monoisotopic (exact) mass is 253 g/mol. The van der Waals surface area contributed by atoms with Gasteiger partial charge in [-0.05, 0) is 55.9 Å². The molecule has 0 aromatic rings. The fourth-order valence-corrected chi connectivity index (χ4v) is 4.17. The van der Waals surface area contributed by atoms with Crippen molar-refractivity contribution in [2.24, 2.45) is 23.7 Å². The van der Waals surface area contributed by atoms with E-state index in [1.807, 2.05) is 0 Å². The Balaban J connectivity index is 1.81. The largest absolute Gasteiger partial charge is 0.396 e. The molecule has 0 aromatic carbocycles. The highest BCUT2D eigenvalue weighted by Gasteiger charge is 2.30. The summed E-state index contributed by atoms with van der Waals surface area (Å²) in [7, 11) is 0. The van der Waals surface area contributed by atoms with Crippen LogP contribution in [0.2, 0.25) is 0 Å². The highest BCUT2D eigenvalue weighted by Crippen LogP contribution is 2.32. The number of nitrogens with one attached hydrogen (secondary N) is 1. The van der Waals surface area contributed by atoms with Crippen LogP contribution in [-0.4, -0.2) is 24.3 Å². The van der Waals surface area contributed by atoms with E-state index in [0.29, 0.717) is 24.5 Å². The van der Waals surface area contributed by atoms with Crippen LogP contribution >= 0.6 is 0 Å². The second kappa shape index (κ2) is 6.91. The van der Waals surface area contributed by atoms with Gasteiger partial charge in [0.2, 0.25) is 0 Å². The summed E-state index contributed by atoms with van der Waals surface area (Å²) in [5.41, 5.74) is 0. The van der Waals surface area contributed by atoms with Crippen molar-refractivity contribution in [3.05, 3.63) is 0 Å². The summed E-state index contributed by atoms with van der Waals surface area (Å²) in [6.07, 6.45) is 9.40. The van der Waals surface area contributed by atoms with E-state index in [1.165, 1.54) is 44.9 Å². The Morgan fingerprint density at radius 3 is 2.11 bits per heavy atom. The van der Waals surface area contributed by atoms with Gasteiger partial charge in [0.05, 0.1) is 0 Å². The topological polar surface area (TPSA) is 32.3 Å². The molecule has 18 heavy (non-hydrogen) atoms. The molecule has 2 N–H and O–H groups in total. The van der Waals surface area contributed by atoms with Crippen LogP contribution in [0.3, 0.4) is 0 Å². The van der Waals surface area contributed by atoms with Gasteiger partial charge in [-0.2, -0.15) is 0 Å². The highest BCUT2D eigenvalue weighted by atomic mass is 16.3. The molecule has 0 aliphatic heterocycles. The molecule has 0 aromatic heterocycles. The van der Waals surface area contributed by atoms with Gasteiger partial charge in [-0.25, -0.2) is 0 Å². The third-order valence-electron chi connectivity index (χ3n) is 5.46. The molecular formula is C16H31NO. The summed E-state index contributed by atoms with van der Waals surface area (Å²) in [6, 6.07) is 0.708. The summed E-state index contributed by atoms with van der Waals surface area (Å²) in [5.74, 6) is 2.92. The van der Waals surface area contributed by atoms with Crippen LogP contribution in [0.25, 0.3) is 0 Å². The zero-order valence-corrected chi connectivity index (χ0v) is 12.2. The number of hydrogen-bond acceptors (Lipinski definition) is 2. The molecule has 106 valence electrons. The van der Waals surface area contributed by atoms with Crippen molar-refractivity contribution in [1.82, 2.24) is 5.32 Å². The van der Waals surface area contributed by atoms with Crippen molar-refractivity contribution in [3.8, 4) is 0 Å². The van der Waals surface area contributed by atoms with Crippen LogP contribution in [0.4, 0.5) is 0 Å². The Morgan fingerprint density at radius 2 is 1.50 bits per heavy atom. The first-order valence-electron chi connectivity index (χ1n) is 8.06. The molecule has 2 saturated carbocycles. The number of hydrogen-bond donors (Lipinski definition) is 2. The average molecular weight is 253 g/mol. The fraction of sp³-hybridized carbons (Fsp3) is 1.00. The predicted molar refractivity (Wildman–Crippen MR) is 76.5 cm³/mol. The Kier molecular flexibility index (Phi) is 5.50. The first-order chi connectivity index (χ1) is 8.72. The van der Waals surface area contributed by atoms with E-state index >= 15 is 0 Å². The maximum Gasteiger partial charge on any atom is 0.0462 e. The van der Waals surface area contributed by atoms with Gasteiger partial charge in [-0.3, -0.25) is 0 Å². The second-order valence-electron chi connectivity index (χ2n) is 6.81. The van der Waals surface area contributed by atoms with Crippen LogP contribution in [-0.2, 0) is 0 Å². The van der Waals surface area contributed by atoms with Gasteiger partial charge >= 0.3 is 0 Å². The molecule has 0 radical (unpaired) electrons. The van der Waals surface area contributed by atoms with E-state index in [0.717, 1.165) is 18.4 Å². The zero-order valence-electron chi connectivity index (χ0n) is 12.2. The molecular weight excluding hydrogens is 222 g/mol. The molecule has 2 aliphatic rings. The van der Waals surface area contributed by atoms with Gasteiger partial charge in [-0.15, -0.1) is 0 Å². The summed E-state index contributed by atoms with van der Waals surface area (Å²) in [5, 5.41) is 13.3. The summed E-state index contributed by atoms with van der Waals surface area (Å²) >= 11 is 0. The zero-order chi connectivity index (χ0) is 13.0. The molecule has 0 heterocycles. The molecule has 0 spiro atoms. The van der Waals surface area contributed by atoms with Gasteiger partial charge in [0, 0.05) is 12.6 Å². The van der Waals surface area contributed by atoms with Gasteiger partial charge < -0.3 is 10.4 Å². The highest BCUT2D eigenvalue weighted by molar-refractivity contribution is 4.85. The van der Waals surface area contributed by atoms with Crippen molar-refractivity contribution in [2.75, 3.05) is 13.2 Å². The van der Waals surface area contributed by atoms with Crippen molar-refractivity contribution in [3.63, 3.8) is 0 Å². The van der Waals surface area contributed by atoms with Gasteiger partial charge in [0.15, 0.2) is 0 Å². The first-order valence-corrected chi connectivity index (χ1v) is 8.06. The van der Waals surface area contributed by atoms with E-state index < -0.39 is 0 Å². The SMILES string of the molecule is CC1CCCC(C)C1NCC1CCCCC1CO. The third-order valence-corrected chi connectivity index (χ3v) is 5.46. The quantitative estimate of drug-likeness (QED) is 0.806. The lowest BCUT2D eigenvalue weighted by atomic mass is 9.77. The van der Waals surface area contributed by atoms with Crippen molar-refractivity contribution in [1.29, 1.82) is 0 Å². The van der Waals surface area contributed by atoms with E-state index in [2.05, 4.69) is 19.2 Å². The standard InChI is InChI=1S/C16H31NO/c1-12-6-5-7-13(2)16(12)17-10-14-8-3-4-9-15(14)11-18/h12-18H,3-11H2,1-2H3. The van der Waals surface area contributed by atoms with E-state index in [-0.39, 0.29) is 0 Å². The molecule has 4 atom stereocenters. The Labute approximate surface area is 113 Å². The van der Waals surface area contributed by atoms with E-state index in [4.69, 9.17) is 0 Å². The molecule has 2 aliphatic carbocycles. The number of aliphatic hydroxyl groups excluding tert-OH is 1. The minimum atomic E-state index is 0.391. The summed E-state index contributed by atoms with van der Waals surface area (Å²) in [4.78, 5) is 0. The Bertz CT molecular complexity index is 233. The number of rotatable bonds is 4. The number of aliphatic hydroxyl groups is 1. The van der Waals surface area contributed by atoms with Crippen molar-refractivity contribution >= 4 is 0 Å². The minimum absolute atomic E-state index is 0.391. The molecule has 4 unspecified atom stereocenters. The lowest BCUT2D eigenvalue weighted by Gasteiger charge is -2.38. The minimum Gasteiger partial charge on any atom is -0.396 e. The molecule has 0 amide bonds. The van der Waals surface area contributed by atoms with Crippen molar-refractivity contribution in [2.45, 2.75) is 64.8 Å². The second-order valence-corrected chi connectivity index (χ2v) is 6.81. The van der Waals surface area contributed by atoms with Crippen LogP contribution < -0.4 is 5.32 Å². The lowest BCUT2D eigenvalue weighted by Crippen LogP contribution is -2.46. The van der Waals surface area contributed by atoms with Gasteiger partial charge in [-0.1, -0.05) is 33.1 Å². The van der Waals surface area contributed by atoms with Gasteiger partial charge in [0.1, 0.15) is 0 Å². The molecule has 2 nitrogen and oxygen atoms in total. The fourth-order valence-electron chi connectivity index (χ4n) is 4.17. The van der Waals surface area contributed by atoms with Crippen LogP contribution in [0, 0.1) is 23.7 Å². The predicted octanol–water partition coefficient (Wildman–Crippen LogP) is 3.20. The average Bonchev–Trinajstić information content (AvgIpc) is 2.38. The Hall–Kier alpha value is -0.0800. The van der Waals surface area contributed by atoms with Crippen molar-refractivity contribution < 1.29 is 5.11 Å². The first kappa shape index (κ1) is 14.3. The molecule has 2 fully saturated rings. The van der Waals surface area contributed by atoms with Crippen LogP contribution in [0.5, 0.6) is 0 Å². The Morgan fingerprint density at radius 1 is 0.889 bits per heavy atom. The van der Waals surface area contributed by atoms with E-state index in [9.17, 15) is 5.11 Å². The van der Waals surface area contributed by atoms with Crippen LogP contribution in [0.15, 0.2) is 0 Å². The lowest BCUT2D eigenvalue weighted by molar-refractivity contribution is 0.120. The molecule has 2 heteroatoms. The third kappa shape index (κ3) is 3.48. The smallest absolute Gasteiger partial charge is 0.0462 e. The summed E-state index contributed by atoms with van der Waals surface area (Å²) < 4.78 is 0. The normalized spacial score (nSPS) is 41.8. The molecule has 2 rings (SSSR count). The maximum absolute atomic E-state index is 9.47. The van der Waals surface area contributed by atoms with Gasteiger partial charge in [0.25, 0.3) is 0 Å². The maximum atomic E-state index is 9.47. The van der Waals surface area contributed by atoms with E-state index in [1.54, 1.807) is 0 Å². The summed E-state index contributed by atoms with van der Waals surface area (Å²) in [6.45, 7) is 6.32. The molecule has 0 bridgehead atoms. The van der Waals surface area contributed by atoms with Crippen LogP contribution in [0.1, 0.15) is 58.8 Å².